The number of hydrogen-bond acceptors (Lipinski definition) is 3. The zero-order valence-electron chi connectivity index (χ0n) is 9.75. The Hall–Kier alpha value is -1.33. The monoisotopic (exact) mass is 328 g/mol. The molecule has 0 aliphatic rings. The van der Waals surface area contributed by atoms with Gasteiger partial charge in [-0.15, -0.1) is 0 Å². The summed E-state index contributed by atoms with van der Waals surface area (Å²) in [5, 5.41) is 7.04. The van der Waals surface area contributed by atoms with E-state index in [0.717, 1.165) is 0 Å². The van der Waals surface area contributed by atoms with Crippen LogP contribution in [0.2, 0.25) is 5.02 Å². The highest BCUT2D eigenvalue weighted by Crippen LogP contribution is 2.30. The molecule has 0 radical (unpaired) electrons. The summed E-state index contributed by atoms with van der Waals surface area (Å²) in [7, 11) is 0. The highest BCUT2D eigenvalue weighted by Gasteiger charge is 2.18. The van der Waals surface area contributed by atoms with Crippen molar-refractivity contribution in [2.24, 2.45) is 0 Å². The number of aryl methyl sites for hydroxylation is 2. The second kappa shape index (κ2) is 5.12. The lowest BCUT2D eigenvalue weighted by molar-refractivity contribution is 0.102. The lowest BCUT2D eigenvalue weighted by Gasteiger charge is -2.07. The maximum atomic E-state index is 12.1. The molecule has 0 saturated carbocycles. The van der Waals surface area contributed by atoms with Crippen molar-refractivity contribution in [2.75, 3.05) is 5.32 Å². The number of nitrogens with one attached hydrogen (secondary N) is 1. The number of halogens is 2. The zero-order valence-corrected chi connectivity index (χ0v) is 12.1. The molecule has 1 amide bonds. The smallest absolute Gasteiger partial charge is 0.261 e. The van der Waals surface area contributed by atoms with E-state index in [2.05, 4.69) is 26.4 Å². The van der Waals surface area contributed by atoms with Crippen LogP contribution < -0.4 is 5.32 Å². The van der Waals surface area contributed by atoms with Gasteiger partial charge in [0.15, 0.2) is 0 Å². The maximum Gasteiger partial charge on any atom is 0.261 e. The third-order valence-electron chi connectivity index (χ3n) is 2.46. The van der Waals surface area contributed by atoms with E-state index in [1.165, 1.54) is 0 Å². The van der Waals surface area contributed by atoms with Crippen LogP contribution in [0.25, 0.3) is 0 Å². The number of aromatic nitrogens is 1. The van der Waals surface area contributed by atoms with Crippen molar-refractivity contribution in [3.8, 4) is 0 Å². The van der Waals surface area contributed by atoms with Crippen molar-refractivity contribution >= 4 is 39.1 Å². The average Bonchev–Trinajstić information content (AvgIpc) is 2.65. The average molecular weight is 330 g/mol. The van der Waals surface area contributed by atoms with Crippen molar-refractivity contribution in [1.29, 1.82) is 0 Å². The molecule has 1 aromatic heterocycles. The van der Waals surface area contributed by atoms with Gasteiger partial charge in [-0.25, -0.2) is 0 Å². The van der Waals surface area contributed by atoms with Gasteiger partial charge >= 0.3 is 0 Å². The van der Waals surface area contributed by atoms with E-state index in [9.17, 15) is 4.79 Å². The first-order valence-electron chi connectivity index (χ1n) is 5.19. The second-order valence-electron chi connectivity index (χ2n) is 3.75. The first-order chi connectivity index (χ1) is 8.50. The Labute approximate surface area is 117 Å². The summed E-state index contributed by atoms with van der Waals surface area (Å²) in [5.74, 6) is 0.220. The summed E-state index contributed by atoms with van der Waals surface area (Å²) in [5.41, 5.74) is 1.61. The molecule has 0 bridgehead atoms. The molecule has 0 aliphatic carbocycles. The Balaban J connectivity index is 2.30. The minimum absolute atomic E-state index is 0.269. The highest BCUT2D eigenvalue weighted by molar-refractivity contribution is 9.10. The van der Waals surface area contributed by atoms with Crippen LogP contribution in [0.15, 0.2) is 27.2 Å². The van der Waals surface area contributed by atoms with Gasteiger partial charge in [0.05, 0.1) is 20.9 Å². The van der Waals surface area contributed by atoms with Gasteiger partial charge in [0.1, 0.15) is 11.3 Å². The topological polar surface area (TPSA) is 55.1 Å². The Bertz CT molecular complexity index is 591. The molecule has 0 saturated heterocycles. The van der Waals surface area contributed by atoms with Crippen LogP contribution >= 0.6 is 27.5 Å². The van der Waals surface area contributed by atoms with Crippen LogP contribution in [0.3, 0.4) is 0 Å². The third-order valence-corrected chi connectivity index (χ3v) is 3.86. The lowest BCUT2D eigenvalue weighted by atomic mass is 10.2. The number of carbonyl (C=O) groups excluding carboxylic acids is 1. The number of carbonyl (C=O) groups is 1. The SMILES string of the molecule is Cc1noc(C)c1C(=O)Nc1cccc(Cl)c1Br. The van der Waals surface area contributed by atoms with E-state index in [1.807, 2.05) is 0 Å². The largest absolute Gasteiger partial charge is 0.361 e. The molecule has 0 atom stereocenters. The van der Waals surface area contributed by atoms with E-state index in [-0.39, 0.29) is 5.91 Å². The van der Waals surface area contributed by atoms with Crippen LogP contribution in [0, 0.1) is 13.8 Å². The number of benzene rings is 1. The van der Waals surface area contributed by atoms with Gasteiger partial charge in [0.2, 0.25) is 0 Å². The summed E-state index contributed by atoms with van der Waals surface area (Å²) in [6.07, 6.45) is 0. The molecule has 2 aromatic rings. The number of nitrogens with zero attached hydrogens (tertiary/aromatic N) is 1. The number of hydrogen-bond donors (Lipinski definition) is 1. The van der Waals surface area contributed by atoms with Gasteiger partial charge in [-0.3, -0.25) is 4.79 Å². The summed E-state index contributed by atoms with van der Waals surface area (Å²) in [4.78, 5) is 12.1. The van der Waals surface area contributed by atoms with E-state index < -0.39 is 0 Å². The van der Waals surface area contributed by atoms with Gasteiger partial charge in [-0.05, 0) is 41.9 Å². The van der Waals surface area contributed by atoms with Gasteiger partial charge in [-0.2, -0.15) is 0 Å². The molecule has 1 N–H and O–H groups in total. The number of anilines is 1. The number of rotatable bonds is 2. The van der Waals surface area contributed by atoms with Crippen molar-refractivity contribution < 1.29 is 9.32 Å². The molecule has 18 heavy (non-hydrogen) atoms. The van der Waals surface area contributed by atoms with Crippen LogP contribution in [-0.4, -0.2) is 11.1 Å². The number of amides is 1. The van der Waals surface area contributed by atoms with E-state index in [0.29, 0.717) is 32.2 Å². The van der Waals surface area contributed by atoms with Crippen LogP contribution in [0.4, 0.5) is 5.69 Å². The Morgan fingerprint density at radius 1 is 1.44 bits per heavy atom. The standard InChI is InChI=1S/C12H10BrClN2O2/c1-6-10(7(2)18-16-6)12(17)15-9-5-3-4-8(14)11(9)13/h3-5H,1-2H3,(H,15,17). The zero-order chi connectivity index (χ0) is 13.3. The van der Waals surface area contributed by atoms with Crippen LogP contribution in [0.5, 0.6) is 0 Å². The van der Waals surface area contributed by atoms with Crippen LogP contribution in [-0.2, 0) is 0 Å². The van der Waals surface area contributed by atoms with Gasteiger partial charge in [0.25, 0.3) is 5.91 Å². The van der Waals surface area contributed by atoms with Gasteiger partial charge in [0, 0.05) is 0 Å². The molecule has 0 spiro atoms. The highest BCUT2D eigenvalue weighted by atomic mass is 79.9. The molecule has 6 heteroatoms. The van der Waals surface area contributed by atoms with Crippen molar-refractivity contribution in [2.45, 2.75) is 13.8 Å². The Morgan fingerprint density at radius 3 is 2.78 bits per heavy atom. The summed E-state index contributed by atoms with van der Waals surface area (Å²) >= 11 is 9.28. The molecular formula is C12H10BrClN2O2. The van der Waals surface area contributed by atoms with Crippen LogP contribution in [0.1, 0.15) is 21.8 Å². The van der Waals surface area contributed by atoms with Gasteiger partial charge in [-0.1, -0.05) is 22.8 Å². The Kier molecular flexibility index (Phi) is 3.73. The minimum atomic E-state index is -0.269. The van der Waals surface area contributed by atoms with Gasteiger partial charge < -0.3 is 9.84 Å². The van der Waals surface area contributed by atoms with Crippen molar-refractivity contribution in [3.05, 3.63) is 44.7 Å². The summed E-state index contributed by atoms with van der Waals surface area (Å²) in [6, 6.07) is 5.25. The first kappa shape index (κ1) is 13.1. The van der Waals surface area contributed by atoms with E-state index in [1.54, 1.807) is 32.0 Å². The predicted molar refractivity (Wildman–Crippen MR) is 73.1 cm³/mol. The second-order valence-corrected chi connectivity index (χ2v) is 4.95. The molecule has 0 fully saturated rings. The summed E-state index contributed by atoms with van der Waals surface area (Å²) in [6.45, 7) is 3.42. The first-order valence-corrected chi connectivity index (χ1v) is 6.36. The fourth-order valence-electron chi connectivity index (χ4n) is 1.59. The fraction of sp³-hybridized carbons (Fsp3) is 0.167. The molecule has 0 aliphatic heterocycles. The minimum Gasteiger partial charge on any atom is -0.361 e. The third kappa shape index (κ3) is 2.42. The van der Waals surface area contributed by atoms with Crippen molar-refractivity contribution in [3.63, 3.8) is 0 Å². The van der Waals surface area contributed by atoms with E-state index in [4.69, 9.17) is 16.1 Å². The fourth-order valence-corrected chi connectivity index (χ4v) is 2.13. The molecule has 1 aromatic carbocycles. The molecule has 4 nitrogen and oxygen atoms in total. The Morgan fingerprint density at radius 2 is 2.17 bits per heavy atom. The molecule has 94 valence electrons. The van der Waals surface area contributed by atoms with E-state index >= 15 is 0 Å². The predicted octanol–water partition coefficient (Wildman–Crippen LogP) is 3.96. The lowest BCUT2D eigenvalue weighted by Crippen LogP contribution is -2.14. The summed E-state index contributed by atoms with van der Waals surface area (Å²) < 4.78 is 5.60. The quantitative estimate of drug-likeness (QED) is 0.907. The molecule has 1 heterocycles. The van der Waals surface area contributed by atoms with Crippen molar-refractivity contribution in [1.82, 2.24) is 5.16 Å². The molecule has 2 rings (SSSR count). The normalized spacial score (nSPS) is 10.4. The molecule has 0 unspecified atom stereocenters. The maximum absolute atomic E-state index is 12.1. The molecular weight excluding hydrogens is 320 g/mol.